The van der Waals surface area contributed by atoms with Crippen molar-refractivity contribution >= 4 is 114 Å². The third-order valence-electron chi connectivity index (χ3n) is 21.9. The number of carbonyl (C=O) groups excluding carboxylic acids is 4. The molecule has 6 amide bonds. The number of thiophene rings is 1. The summed E-state index contributed by atoms with van der Waals surface area (Å²) in [5, 5.41) is 24.8. The standard InChI is InChI=1S/C24H24N4O.C21H26ClNO3S.C19H22N2O2S.C18H21Cl2NO2S.C18H16N4O3/c29-24(26-16-8-17-28-18-14-21-13-7-15-25-23(21)28)27-22(19-9-3-1-4-10-19)20-11-5-2-6-12-20;1-21(2,26-18-7-5-16(22)6-8-18)20(24)23(17-10-13-25-14-11-17)12-9-19-4-3-15-27-19;1-23-17-10-6-5-9-16(17)20-19(22)21-12-11-18(24-14-13-21)15-7-3-2-4-8-15;1-2-6-14(15-7-4-3-5-8-15)11-12-21-24(22,23)18-13-16(19)9-10-17(18)20;1-22-17(23)9-8-14(20-22)12-4-2-3-5-13(12)19-18(24)15-10-16(25-21-15)11-6-7-11/h1-7,9-15,18,22H,8,16-17H2,(H2,26,27,29);3-8,15,17H,9-14H2,1-2H3;2-10,18H,11-14H2,1H3,(H,20,22);3-5,7-10,13-14,21H,2,6,11-12H2,1H3;2-5,8-11H,6-7H2,1H3,(H,19,24). The monoisotopic (exact) mass is 1850 g/mol. The van der Waals surface area contributed by atoms with Crippen molar-refractivity contribution in [3.05, 3.63) is 343 Å². The Bertz CT molecular complexity index is 5850. The van der Waals surface area contributed by atoms with Gasteiger partial charge in [-0.15, -0.1) is 11.3 Å². The van der Waals surface area contributed by atoms with Crippen LogP contribution in [-0.2, 0) is 39.6 Å². The SMILES string of the molecule is CC(C)(Oc1ccc(Cl)cc1)C(=O)N(CCc1cccs1)C1CCOCC1.CCCC(CCNS(=O)(=O)c1cc(Cl)ccc1Cl)c1ccccc1.COc1ccccc1NC(=O)N1CCSC(c2ccccc2)CC1.Cn1nc(-c2ccccc2NC(=O)c2cc(C3CC3)on2)ccc1=O.O=C(NCCCn1ccc2cccnc21)NC(c1ccccc1)c1ccccc1. The van der Waals surface area contributed by atoms with Crippen LogP contribution in [0.15, 0.2) is 293 Å². The van der Waals surface area contributed by atoms with E-state index in [0.29, 0.717) is 88.5 Å². The van der Waals surface area contributed by atoms with Crippen LogP contribution in [0.3, 0.4) is 0 Å². The first kappa shape index (κ1) is 96.5. The lowest BCUT2D eigenvalue weighted by Crippen LogP contribution is -2.54. The number of hydrogen-bond acceptors (Lipinski definition) is 16. The average Bonchev–Trinajstić information content (AvgIpc) is 1.80. The summed E-state index contributed by atoms with van der Waals surface area (Å²) in [6.07, 6.45) is 13.2. The highest BCUT2D eigenvalue weighted by Crippen LogP contribution is 2.41. The first-order valence-corrected chi connectivity index (χ1v) is 47.8. The van der Waals surface area contributed by atoms with Crippen LogP contribution < -0.4 is 41.0 Å². The summed E-state index contributed by atoms with van der Waals surface area (Å²) in [7, 11) is -0.478. The smallest absolute Gasteiger partial charge is 0.321 e. The number of halogens is 3. The van der Waals surface area contributed by atoms with E-state index in [4.69, 9.17) is 53.5 Å². The summed E-state index contributed by atoms with van der Waals surface area (Å²) in [5.41, 5.74) is 7.38. The molecule has 2 unspecified atom stereocenters. The first-order chi connectivity index (χ1) is 62.6. The predicted octanol–water partition coefficient (Wildman–Crippen LogP) is 21.5. The van der Waals surface area contributed by atoms with Crippen LogP contribution in [0, 0.1) is 0 Å². The van der Waals surface area contributed by atoms with Crippen LogP contribution in [-0.4, -0.2) is 137 Å². The number of fused-ring (bicyclic) bond motifs is 1. The van der Waals surface area contributed by atoms with Crippen molar-refractivity contribution in [1.82, 2.24) is 49.6 Å². The number of urea groups is 2. The fourth-order valence-electron chi connectivity index (χ4n) is 14.9. The molecule has 2 atom stereocenters. The minimum absolute atomic E-state index is 0.0147. The molecule has 129 heavy (non-hydrogen) atoms. The Morgan fingerprint density at radius 3 is 2.02 bits per heavy atom. The van der Waals surface area contributed by atoms with Gasteiger partial charge in [0.05, 0.1) is 35.2 Å². The second kappa shape index (κ2) is 48.7. The maximum absolute atomic E-state index is 13.4. The van der Waals surface area contributed by atoms with Crippen LogP contribution >= 0.6 is 57.9 Å². The van der Waals surface area contributed by atoms with E-state index < -0.39 is 15.6 Å². The summed E-state index contributed by atoms with van der Waals surface area (Å²) < 4.78 is 52.9. The number of benzene rings is 8. The van der Waals surface area contributed by atoms with Crippen LogP contribution in [0.5, 0.6) is 11.5 Å². The number of nitrogens with one attached hydrogen (secondary N) is 5. The number of nitrogens with zero attached hydrogens (tertiary/aromatic N) is 7. The molecular weight excluding hydrogens is 1750 g/mol. The summed E-state index contributed by atoms with van der Waals surface area (Å²) in [6, 6.07) is 81.8. The molecule has 8 aromatic carbocycles. The zero-order valence-electron chi connectivity index (χ0n) is 72.9. The maximum Gasteiger partial charge on any atom is 0.321 e. The highest BCUT2D eigenvalue weighted by molar-refractivity contribution is 7.99. The van der Waals surface area contributed by atoms with Gasteiger partial charge in [0.25, 0.3) is 17.4 Å². The number of para-hydroxylation sites is 3. The van der Waals surface area contributed by atoms with Gasteiger partial charge in [-0.2, -0.15) is 16.9 Å². The van der Waals surface area contributed by atoms with Gasteiger partial charge >= 0.3 is 12.1 Å². The van der Waals surface area contributed by atoms with Gasteiger partial charge in [0.2, 0.25) is 10.0 Å². The Labute approximate surface area is 777 Å². The van der Waals surface area contributed by atoms with Gasteiger partial charge in [-0.05, 0) is 196 Å². The highest BCUT2D eigenvalue weighted by atomic mass is 35.5. The average molecular weight is 1860 g/mol. The van der Waals surface area contributed by atoms with E-state index in [2.05, 4.69) is 113 Å². The lowest BCUT2D eigenvalue weighted by Gasteiger charge is -2.39. The lowest BCUT2D eigenvalue weighted by molar-refractivity contribution is -0.149. The molecule has 0 bridgehead atoms. The molecule has 13 aromatic rings. The second-order valence-electron chi connectivity index (χ2n) is 31.6. The Morgan fingerprint density at radius 1 is 0.682 bits per heavy atom. The van der Waals surface area contributed by atoms with Crippen LogP contribution in [0.25, 0.3) is 22.3 Å². The van der Waals surface area contributed by atoms with Gasteiger partial charge in [-0.3, -0.25) is 14.4 Å². The lowest BCUT2D eigenvalue weighted by atomic mass is 9.92. The van der Waals surface area contributed by atoms with Crippen molar-refractivity contribution in [2.75, 3.05) is 69.4 Å². The van der Waals surface area contributed by atoms with Gasteiger partial charge in [0.15, 0.2) is 11.3 Å². The van der Waals surface area contributed by atoms with Crippen molar-refractivity contribution < 1.29 is 46.3 Å². The molecule has 29 heteroatoms. The molecule has 3 aliphatic rings. The first-order valence-electron chi connectivity index (χ1n) is 43.3. The molecule has 674 valence electrons. The molecule has 23 nitrogen and oxygen atoms in total. The minimum Gasteiger partial charge on any atom is -0.495 e. The van der Waals surface area contributed by atoms with Gasteiger partial charge in [-0.25, -0.2) is 32.4 Å². The van der Waals surface area contributed by atoms with Crippen LogP contribution in [0.1, 0.15) is 145 Å². The molecule has 3 fully saturated rings. The normalized spacial score (nSPS) is 14.1. The van der Waals surface area contributed by atoms with E-state index in [1.807, 2.05) is 181 Å². The van der Waals surface area contributed by atoms with Gasteiger partial charge in [0.1, 0.15) is 27.8 Å². The molecule has 16 rings (SSSR count). The highest BCUT2D eigenvalue weighted by Gasteiger charge is 2.38. The number of amides is 6. The van der Waals surface area contributed by atoms with Gasteiger partial charge < -0.3 is 54.4 Å². The van der Waals surface area contributed by atoms with Crippen LogP contribution in [0.2, 0.25) is 15.1 Å². The largest absolute Gasteiger partial charge is 0.495 e. The Balaban J connectivity index is 0.000000146. The Hall–Kier alpha value is -11.6. The van der Waals surface area contributed by atoms with Crippen molar-refractivity contribution in [3.63, 3.8) is 0 Å². The van der Waals surface area contributed by atoms with Crippen LogP contribution in [0.4, 0.5) is 21.0 Å². The zero-order chi connectivity index (χ0) is 90.9. The van der Waals surface area contributed by atoms with E-state index in [1.165, 1.54) is 38.9 Å². The summed E-state index contributed by atoms with van der Waals surface area (Å²) in [5.74, 6) is 3.43. The third-order valence-corrected chi connectivity index (χ3v) is 26.6. The zero-order valence-corrected chi connectivity index (χ0v) is 77.6. The number of thioether (sulfide) groups is 1. The molecule has 5 N–H and O–H groups in total. The van der Waals surface area contributed by atoms with Crippen molar-refractivity contribution in [2.45, 2.75) is 131 Å². The number of rotatable bonds is 29. The number of carbonyl (C=O) groups is 4. The number of sulfonamides is 1. The summed E-state index contributed by atoms with van der Waals surface area (Å²) in [4.78, 5) is 72.2. The van der Waals surface area contributed by atoms with E-state index in [1.54, 1.807) is 80.2 Å². The molecule has 0 spiro atoms. The number of anilines is 2. The number of pyridine rings is 1. The number of hydrogen-bond donors (Lipinski definition) is 5. The van der Waals surface area contributed by atoms with Crippen molar-refractivity contribution in [1.29, 1.82) is 0 Å². The van der Waals surface area contributed by atoms with E-state index in [-0.39, 0.29) is 57.1 Å². The van der Waals surface area contributed by atoms with Crippen molar-refractivity contribution in [2.24, 2.45) is 7.05 Å². The second-order valence-corrected chi connectivity index (χ2v) is 36.9. The predicted molar refractivity (Wildman–Crippen MR) is 517 cm³/mol. The fraction of sp³-hybridized carbons (Fsp3) is 0.300. The molecule has 1 aliphatic carbocycles. The molecule has 2 aliphatic heterocycles. The van der Waals surface area contributed by atoms with Gasteiger partial charge in [0, 0.05) is 133 Å². The molecule has 0 radical (unpaired) electrons. The van der Waals surface area contributed by atoms with Gasteiger partial charge in [-0.1, -0.05) is 211 Å². The topological polar surface area (TPSA) is 275 Å². The fourth-order valence-corrected chi connectivity index (χ4v) is 18.8. The molecule has 2 saturated heterocycles. The number of ether oxygens (including phenoxy) is 3. The summed E-state index contributed by atoms with van der Waals surface area (Å²) in [6.45, 7) is 11.2. The molecule has 5 aromatic heterocycles. The Morgan fingerprint density at radius 2 is 1.35 bits per heavy atom. The number of aryl methyl sites for hydroxylation is 2. The van der Waals surface area contributed by atoms with E-state index >= 15 is 0 Å². The quantitative estimate of drug-likeness (QED) is 0.0273. The Kier molecular flexibility index (Phi) is 36.4. The third kappa shape index (κ3) is 29.0. The molecular formula is C100H109Cl3N12O11S3. The van der Waals surface area contributed by atoms with E-state index in [0.717, 1.165) is 123 Å². The van der Waals surface area contributed by atoms with E-state index in [9.17, 15) is 32.4 Å². The molecule has 7 heterocycles. The van der Waals surface area contributed by atoms with Crippen molar-refractivity contribution in [3.8, 4) is 22.8 Å². The number of methoxy groups -OCH3 is 1. The molecule has 1 saturated carbocycles. The maximum atomic E-state index is 13.4. The summed E-state index contributed by atoms with van der Waals surface area (Å²) >= 11 is 21.5. The minimum atomic E-state index is -3.67. The number of aromatic nitrogens is 5.